The fraction of sp³-hybridized carbons (Fsp3) is 0.467. The van der Waals surface area contributed by atoms with Crippen molar-refractivity contribution < 1.29 is 23.8 Å². The molecule has 0 aliphatic carbocycles. The lowest BCUT2D eigenvalue weighted by atomic mass is 9.87. The number of carbonyl (C=O) groups excluding carboxylic acids is 1. The van der Waals surface area contributed by atoms with Crippen molar-refractivity contribution in [3.05, 3.63) is 29.0 Å². The van der Waals surface area contributed by atoms with Gasteiger partial charge in [0.05, 0.1) is 10.9 Å². The van der Waals surface area contributed by atoms with Gasteiger partial charge in [-0.3, -0.25) is 9.59 Å². The fourth-order valence-corrected chi connectivity index (χ4v) is 2.78. The first kappa shape index (κ1) is 16.5. The Labute approximate surface area is 132 Å². The smallest absolute Gasteiger partial charge is 0.306 e. The molecule has 7 heteroatoms. The molecule has 1 aromatic carbocycles. The summed E-state index contributed by atoms with van der Waals surface area (Å²) in [7, 11) is 0. The topological polar surface area (TPSA) is 66.8 Å². The second kappa shape index (κ2) is 6.96. The second-order valence-electron chi connectivity index (χ2n) is 5.41. The van der Waals surface area contributed by atoms with Crippen molar-refractivity contribution in [2.45, 2.75) is 13.3 Å². The van der Waals surface area contributed by atoms with Crippen molar-refractivity contribution in [2.75, 3.05) is 19.7 Å². The number of hydrogen-bond donors (Lipinski definition) is 1. The monoisotopic (exact) mass is 329 g/mol. The quantitative estimate of drug-likeness (QED) is 0.921. The van der Waals surface area contributed by atoms with E-state index < -0.39 is 17.7 Å². The van der Waals surface area contributed by atoms with Crippen molar-refractivity contribution in [1.29, 1.82) is 0 Å². The van der Waals surface area contributed by atoms with Crippen LogP contribution in [0.5, 0.6) is 5.75 Å². The zero-order valence-electron chi connectivity index (χ0n) is 12.1. The van der Waals surface area contributed by atoms with E-state index in [1.54, 1.807) is 4.90 Å². The fourth-order valence-electron chi connectivity index (χ4n) is 2.56. The summed E-state index contributed by atoms with van der Waals surface area (Å²) >= 11 is 5.82. The Bertz CT molecular complexity index is 581. The highest BCUT2D eigenvalue weighted by Crippen LogP contribution is 2.26. The molecule has 2 unspecified atom stereocenters. The molecule has 1 aliphatic rings. The molecular weight excluding hydrogens is 313 g/mol. The zero-order chi connectivity index (χ0) is 16.3. The zero-order valence-corrected chi connectivity index (χ0v) is 12.8. The van der Waals surface area contributed by atoms with Gasteiger partial charge in [0.15, 0.2) is 6.61 Å². The molecule has 1 amide bonds. The van der Waals surface area contributed by atoms with Crippen LogP contribution < -0.4 is 4.74 Å². The van der Waals surface area contributed by atoms with Gasteiger partial charge in [-0.25, -0.2) is 4.39 Å². The SMILES string of the molecule is CC1CN(C(=O)COc2ccc(F)cc2Cl)CCC1C(=O)O. The molecule has 0 aromatic heterocycles. The summed E-state index contributed by atoms with van der Waals surface area (Å²) in [5.41, 5.74) is 0. The number of benzene rings is 1. The summed E-state index contributed by atoms with van der Waals surface area (Å²) in [5, 5.41) is 9.17. The molecule has 1 fully saturated rings. The van der Waals surface area contributed by atoms with Crippen LogP contribution in [-0.2, 0) is 9.59 Å². The first-order valence-electron chi connectivity index (χ1n) is 6.97. The van der Waals surface area contributed by atoms with Crippen LogP contribution in [0.25, 0.3) is 0 Å². The average molecular weight is 330 g/mol. The van der Waals surface area contributed by atoms with Gasteiger partial charge in [0.25, 0.3) is 5.91 Å². The maximum Gasteiger partial charge on any atom is 0.306 e. The number of ether oxygens (including phenoxy) is 1. The summed E-state index contributed by atoms with van der Waals surface area (Å²) in [5.74, 6) is -1.83. The molecule has 2 rings (SSSR count). The summed E-state index contributed by atoms with van der Waals surface area (Å²) in [6.07, 6.45) is 0.430. The maximum atomic E-state index is 12.9. The van der Waals surface area contributed by atoms with Crippen molar-refractivity contribution in [3.63, 3.8) is 0 Å². The van der Waals surface area contributed by atoms with E-state index in [-0.39, 0.29) is 29.2 Å². The number of nitrogens with zero attached hydrogens (tertiary/aromatic N) is 1. The third-order valence-corrected chi connectivity index (χ3v) is 4.12. The molecule has 0 saturated carbocycles. The van der Waals surface area contributed by atoms with Gasteiger partial charge >= 0.3 is 5.97 Å². The number of hydrogen-bond acceptors (Lipinski definition) is 3. The highest BCUT2D eigenvalue weighted by molar-refractivity contribution is 6.32. The Hall–Kier alpha value is -1.82. The Morgan fingerprint density at radius 2 is 2.23 bits per heavy atom. The molecule has 1 aliphatic heterocycles. The van der Waals surface area contributed by atoms with Crippen LogP contribution in [0.1, 0.15) is 13.3 Å². The van der Waals surface area contributed by atoms with Gasteiger partial charge < -0.3 is 14.7 Å². The lowest BCUT2D eigenvalue weighted by Crippen LogP contribution is -2.46. The number of carboxylic acids is 1. The molecule has 2 atom stereocenters. The number of piperidine rings is 1. The van der Waals surface area contributed by atoms with E-state index in [1.807, 2.05) is 6.92 Å². The van der Waals surface area contributed by atoms with Crippen LogP contribution in [0.15, 0.2) is 18.2 Å². The summed E-state index contributed by atoms with van der Waals surface area (Å²) in [6.45, 7) is 2.38. The predicted molar refractivity (Wildman–Crippen MR) is 78.4 cm³/mol. The third kappa shape index (κ3) is 3.88. The Morgan fingerprint density at radius 3 is 2.82 bits per heavy atom. The molecular formula is C15H17ClFNO4. The van der Waals surface area contributed by atoms with E-state index in [0.717, 1.165) is 6.07 Å². The van der Waals surface area contributed by atoms with Gasteiger partial charge in [-0.15, -0.1) is 0 Å². The Morgan fingerprint density at radius 1 is 1.50 bits per heavy atom. The van der Waals surface area contributed by atoms with E-state index >= 15 is 0 Å². The number of halogens is 2. The normalized spacial score (nSPS) is 21.5. The number of likely N-dealkylation sites (tertiary alicyclic amines) is 1. The van der Waals surface area contributed by atoms with Crippen molar-refractivity contribution >= 4 is 23.5 Å². The molecule has 22 heavy (non-hydrogen) atoms. The molecule has 1 saturated heterocycles. The minimum absolute atomic E-state index is 0.103. The van der Waals surface area contributed by atoms with E-state index in [2.05, 4.69) is 0 Å². The highest BCUT2D eigenvalue weighted by Gasteiger charge is 2.33. The Kier molecular flexibility index (Phi) is 5.24. The molecule has 1 heterocycles. The lowest BCUT2D eigenvalue weighted by molar-refractivity contribution is -0.148. The summed E-state index contributed by atoms with van der Waals surface area (Å²) in [6, 6.07) is 3.68. The lowest BCUT2D eigenvalue weighted by Gasteiger charge is -2.34. The van der Waals surface area contributed by atoms with Crippen molar-refractivity contribution in [2.24, 2.45) is 11.8 Å². The molecule has 0 radical (unpaired) electrons. The number of amides is 1. The van der Waals surface area contributed by atoms with Crippen LogP contribution in [0.3, 0.4) is 0 Å². The van der Waals surface area contributed by atoms with Gasteiger partial charge in [-0.05, 0) is 30.5 Å². The van der Waals surface area contributed by atoms with Crippen LogP contribution in [-0.4, -0.2) is 41.6 Å². The van der Waals surface area contributed by atoms with Gasteiger partial charge in [0.1, 0.15) is 11.6 Å². The number of carbonyl (C=O) groups is 2. The Balaban J connectivity index is 1.89. The first-order valence-corrected chi connectivity index (χ1v) is 7.34. The largest absolute Gasteiger partial charge is 0.482 e. The second-order valence-corrected chi connectivity index (χ2v) is 5.82. The van der Waals surface area contributed by atoms with Crippen LogP contribution in [0.2, 0.25) is 5.02 Å². The van der Waals surface area contributed by atoms with E-state index in [0.29, 0.717) is 19.5 Å². The standard InChI is InChI=1S/C15H17ClFNO4/c1-9-7-18(5-4-11(9)15(20)21)14(19)8-22-13-3-2-10(17)6-12(13)16/h2-3,6,9,11H,4-5,7-8H2,1H3,(H,20,21). The van der Waals surface area contributed by atoms with Gasteiger partial charge in [-0.1, -0.05) is 18.5 Å². The molecule has 120 valence electrons. The average Bonchev–Trinajstić information content (AvgIpc) is 2.45. The maximum absolute atomic E-state index is 12.9. The van der Waals surface area contributed by atoms with E-state index in [1.165, 1.54) is 12.1 Å². The number of carboxylic acid groups (broad SMARTS) is 1. The van der Waals surface area contributed by atoms with Crippen molar-refractivity contribution in [1.82, 2.24) is 4.90 Å². The number of aliphatic carboxylic acids is 1. The van der Waals surface area contributed by atoms with Gasteiger partial charge in [-0.2, -0.15) is 0 Å². The minimum atomic E-state index is -0.825. The minimum Gasteiger partial charge on any atom is -0.482 e. The van der Waals surface area contributed by atoms with Crippen molar-refractivity contribution in [3.8, 4) is 5.75 Å². The van der Waals surface area contributed by atoms with E-state index in [9.17, 15) is 14.0 Å². The molecule has 5 nitrogen and oxygen atoms in total. The molecule has 1 aromatic rings. The summed E-state index contributed by atoms with van der Waals surface area (Å²) < 4.78 is 18.2. The van der Waals surface area contributed by atoms with Crippen LogP contribution in [0.4, 0.5) is 4.39 Å². The summed E-state index contributed by atoms with van der Waals surface area (Å²) in [4.78, 5) is 24.7. The van der Waals surface area contributed by atoms with Gasteiger partial charge in [0, 0.05) is 13.1 Å². The van der Waals surface area contributed by atoms with Gasteiger partial charge in [0.2, 0.25) is 0 Å². The molecule has 0 spiro atoms. The van der Waals surface area contributed by atoms with Crippen LogP contribution >= 0.6 is 11.6 Å². The molecule has 0 bridgehead atoms. The van der Waals surface area contributed by atoms with E-state index in [4.69, 9.17) is 21.4 Å². The van der Waals surface area contributed by atoms with Crippen LogP contribution in [0, 0.1) is 17.7 Å². The first-order chi connectivity index (χ1) is 10.4. The molecule has 1 N–H and O–H groups in total. The highest BCUT2D eigenvalue weighted by atomic mass is 35.5. The predicted octanol–water partition coefficient (Wildman–Crippen LogP) is 2.43. The number of rotatable bonds is 4. The third-order valence-electron chi connectivity index (χ3n) is 3.82.